The highest BCUT2D eigenvalue weighted by molar-refractivity contribution is 5.89. The molecule has 74 valence electrons. The van der Waals surface area contributed by atoms with Gasteiger partial charge in [0.2, 0.25) is 0 Å². The number of hydrogen-bond donors (Lipinski definition) is 2. The second kappa shape index (κ2) is 2.53. The molecule has 4 heteroatoms. The summed E-state index contributed by atoms with van der Waals surface area (Å²) in [5.74, 6) is -0.747. The smallest absolute Gasteiger partial charge is 0.190 e. The zero-order valence-corrected chi connectivity index (χ0v) is 7.62. The Hall–Kier alpha value is -0.450. The number of carbonyl (C=O) groups excluding carboxylic acids is 1. The van der Waals surface area contributed by atoms with Crippen molar-refractivity contribution in [3.05, 3.63) is 0 Å². The van der Waals surface area contributed by atoms with Crippen LogP contribution < -0.4 is 0 Å². The minimum atomic E-state index is -1.33. The normalized spacial score (nSPS) is 50.7. The van der Waals surface area contributed by atoms with Gasteiger partial charge in [0, 0.05) is 5.92 Å². The molecule has 13 heavy (non-hydrogen) atoms. The second-order valence-corrected chi connectivity index (χ2v) is 4.27. The number of rotatable bonds is 0. The van der Waals surface area contributed by atoms with Gasteiger partial charge < -0.3 is 14.9 Å². The summed E-state index contributed by atoms with van der Waals surface area (Å²) in [6, 6.07) is 0. The van der Waals surface area contributed by atoms with Gasteiger partial charge in [-0.2, -0.15) is 0 Å². The van der Waals surface area contributed by atoms with Crippen LogP contribution in [0.4, 0.5) is 0 Å². The molecular weight excluding hydrogens is 172 g/mol. The fourth-order valence-electron chi connectivity index (χ4n) is 2.35. The standard InChI is InChI=1S/C9H14O4/c1-8(11)2-3-9(12)6(8)4-13-5-7(9)10/h6,11-12H,2-5H2,1H3/t6?,8-,9+/m0/s1. The average molecular weight is 186 g/mol. The lowest BCUT2D eigenvalue weighted by Crippen LogP contribution is -2.55. The van der Waals surface area contributed by atoms with Crippen LogP contribution >= 0.6 is 0 Å². The third-order valence-corrected chi connectivity index (χ3v) is 3.34. The van der Waals surface area contributed by atoms with Gasteiger partial charge in [0.15, 0.2) is 5.78 Å². The molecule has 0 bridgehead atoms. The van der Waals surface area contributed by atoms with E-state index in [1.165, 1.54) is 0 Å². The molecule has 1 heterocycles. The van der Waals surface area contributed by atoms with Crippen LogP contribution in [0.3, 0.4) is 0 Å². The Labute approximate surface area is 76.5 Å². The third-order valence-electron chi connectivity index (χ3n) is 3.34. The Kier molecular flexibility index (Phi) is 1.77. The number of ether oxygens (including phenoxy) is 1. The van der Waals surface area contributed by atoms with Gasteiger partial charge in [0.25, 0.3) is 0 Å². The molecule has 1 saturated carbocycles. The highest BCUT2D eigenvalue weighted by Crippen LogP contribution is 2.45. The molecule has 1 aliphatic carbocycles. The van der Waals surface area contributed by atoms with Crippen LogP contribution in [0.2, 0.25) is 0 Å². The predicted octanol–water partition coefficient (Wildman–Crippen LogP) is -0.522. The van der Waals surface area contributed by atoms with Crippen LogP contribution in [0.5, 0.6) is 0 Å². The molecule has 1 saturated heterocycles. The zero-order chi connectivity index (χ0) is 9.69. The van der Waals surface area contributed by atoms with Gasteiger partial charge in [-0.3, -0.25) is 4.79 Å². The van der Waals surface area contributed by atoms with E-state index in [0.29, 0.717) is 12.8 Å². The summed E-state index contributed by atoms with van der Waals surface area (Å²) < 4.78 is 5.03. The highest BCUT2D eigenvalue weighted by Gasteiger charge is 2.58. The van der Waals surface area contributed by atoms with Gasteiger partial charge in [0.05, 0.1) is 12.2 Å². The number of hydrogen-bond acceptors (Lipinski definition) is 4. The van der Waals surface area contributed by atoms with E-state index in [0.717, 1.165) is 0 Å². The average Bonchev–Trinajstić information content (AvgIpc) is 2.29. The van der Waals surface area contributed by atoms with Crippen molar-refractivity contribution in [2.24, 2.45) is 5.92 Å². The molecule has 0 aromatic carbocycles. The molecule has 1 aliphatic heterocycles. The third kappa shape index (κ3) is 1.13. The summed E-state index contributed by atoms with van der Waals surface area (Å²) >= 11 is 0. The van der Waals surface area contributed by atoms with Crippen molar-refractivity contribution in [1.29, 1.82) is 0 Å². The quantitative estimate of drug-likeness (QED) is 0.534. The number of carbonyl (C=O) groups is 1. The van der Waals surface area contributed by atoms with Crippen LogP contribution in [-0.4, -0.2) is 40.4 Å². The van der Waals surface area contributed by atoms with Gasteiger partial charge in [-0.15, -0.1) is 0 Å². The summed E-state index contributed by atoms with van der Waals surface area (Å²) in [6.45, 7) is 1.90. The number of Topliss-reactive ketones (excluding diaryl/α,β-unsaturated/α-hetero) is 1. The van der Waals surface area contributed by atoms with E-state index in [4.69, 9.17) is 4.74 Å². The summed E-state index contributed by atoms with van der Waals surface area (Å²) in [4.78, 5) is 11.4. The van der Waals surface area contributed by atoms with E-state index in [1.54, 1.807) is 6.92 Å². The Bertz CT molecular complexity index is 248. The topological polar surface area (TPSA) is 66.8 Å². The number of aliphatic hydroxyl groups is 2. The Morgan fingerprint density at radius 2 is 2.15 bits per heavy atom. The fourth-order valence-corrected chi connectivity index (χ4v) is 2.35. The molecule has 0 amide bonds. The maximum absolute atomic E-state index is 11.4. The maximum atomic E-state index is 11.4. The summed E-state index contributed by atoms with van der Waals surface area (Å²) in [6.07, 6.45) is 0.816. The monoisotopic (exact) mass is 186 g/mol. The minimum Gasteiger partial charge on any atom is -0.390 e. The minimum absolute atomic E-state index is 0.0247. The molecule has 2 N–H and O–H groups in total. The van der Waals surface area contributed by atoms with Gasteiger partial charge in [-0.1, -0.05) is 0 Å². The molecule has 0 spiro atoms. The van der Waals surface area contributed by atoms with E-state index in [2.05, 4.69) is 0 Å². The molecule has 2 aliphatic rings. The van der Waals surface area contributed by atoms with Crippen LogP contribution in [0.1, 0.15) is 19.8 Å². The first-order chi connectivity index (χ1) is 5.97. The first kappa shape index (κ1) is 9.12. The zero-order valence-electron chi connectivity index (χ0n) is 7.62. The molecule has 2 rings (SSSR count). The number of fused-ring (bicyclic) bond motifs is 1. The first-order valence-electron chi connectivity index (χ1n) is 4.52. The van der Waals surface area contributed by atoms with E-state index >= 15 is 0 Å². The molecule has 3 atom stereocenters. The second-order valence-electron chi connectivity index (χ2n) is 4.27. The highest BCUT2D eigenvalue weighted by atomic mass is 16.5. The van der Waals surface area contributed by atoms with Crippen molar-refractivity contribution in [3.8, 4) is 0 Å². The van der Waals surface area contributed by atoms with E-state index in [9.17, 15) is 15.0 Å². The maximum Gasteiger partial charge on any atom is 0.190 e. The largest absolute Gasteiger partial charge is 0.390 e. The van der Waals surface area contributed by atoms with Crippen molar-refractivity contribution in [2.45, 2.75) is 31.0 Å². The lowest BCUT2D eigenvalue weighted by atomic mass is 9.80. The Balaban J connectivity index is 2.33. The Morgan fingerprint density at radius 1 is 1.46 bits per heavy atom. The van der Waals surface area contributed by atoms with Crippen molar-refractivity contribution in [1.82, 2.24) is 0 Å². The first-order valence-corrected chi connectivity index (χ1v) is 4.52. The fraction of sp³-hybridized carbons (Fsp3) is 0.889. The van der Waals surface area contributed by atoms with Crippen molar-refractivity contribution in [3.63, 3.8) is 0 Å². The summed E-state index contributed by atoms with van der Waals surface area (Å²) in [5, 5.41) is 19.9. The Morgan fingerprint density at radius 3 is 2.77 bits per heavy atom. The molecule has 0 radical (unpaired) electrons. The van der Waals surface area contributed by atoms with Gasteiger partial charge in [-0.25, -0.2) is 0 Å². The molecule has 2 fully saturated rings. The van der Waals surface area contributed by atoms with Crippen molar-refractivity contribution in [2.75, 3.05) is 13.2 Å². The van der Waals surface area contributed by atoms with Gasteiger partial charge in [-0.05, 0) is 19.8 Å². The molecular formula is C9H14O4. The van der Waals surface area contributed by atoms with Crippen LogP contribution in [0, 0.1) is 5.92 Å². The van der Waals surface area contributed by atoms with Gasteiger partial charge in [0.1, 0.15) is 12.2 Å². The molecule has 0 aromatic rings. The van der Waals surface area contributed by atoms with Crippen LogP contribution in [0.15, 0.2) is 0 Å². The number of ketones is 1. The van der Waals surface area contributed by atoms with Crippen LogP contribution in [0.25, 0.3) is 0 Å². The van der Waals surface area contributed by atoms with Crippen molar-refractivity contribution < 1.29 is 19.7 Å². The SMILES string of the molecule is C[C@]1(O)CC[C@]2(O)C(=O)COCC12. The van der Waals surface area contributed by atoms with E-state index in [1.807, 2.05) is 0 Å². The molecule has 1 unspecified atom stereocenters. The van der Waals surface area contributed by atoms with Crippen molar-refractivity contribution >= 4 is 5.78 Å². The summed E-state index contributed by atoms with van der Waals surface area (Å²) in [7, 11) is 0. The lowest BCUT2D eigenvalue weighted by molar-refractivity contribution is -0.170. The predicted molar refractivity (Wildman–Crippen MR) is 44.1 cm³/mol. The van der Waals surface area contributed by atoms with E-state index < -0.39 is 17.1 Å². The van der Waals surface area contributed by atoms with Gasteiger partial charge >= 0.3 is 0 Å². The van der Waals surface area contributed by atoms with E-state index in [-0.39, 0.29) is 19.0 Å². The summed E-state index contributed by atoms with van der Waals surface area (Å²) in [5.41, 5.74) is -2.30. The molecule has 4 nitrogen and oxygen atoms in total. The molecule has 0 aromatic heterocycles. The van der Waals surface area contributed by atoms with Crippen LogP contribution in [-0.2, 0) is 9.53 Å². The lowest BCUT2D eigenvalue weighted by Gasteiger charge is -2.37.